The molecule has 6 nitrogen and oxygen atoms in total. The largest absolute Gasteiger partial charge is 0.335 e. The summed E-state index contributed by atoms with van der Waals surface area (Å²) in [5.41, 5.74) is 1.78. The highest BCUT2D eigenvalue weighted by atomic mass is 16.2. The number of ketones is 2. The van der Waals surface area contributed by atoms with Gasteiger partial charge in [-0.1, -0.05) is 37.6 Å². The van der Waals surface area contributed by atoms with Gasteiger partial charge in [0.05, 0.1) is 6.67 Å². The molecule has 0 aliphatic rings. The number of amides is 2. The predicted octanol–water partition coefficient (Wildman–Crippen LogP) is 3.38. The lowest BCUT2D eigenvalue weighted by Crippen LogP contribution is -2.37. The summed E-state index contributed by atoms with van der Waals surface area (Å²) in [5, 5.41) is 5.18. The Morgan fingerprint density at radius 3 is 1.96 bits per heavy atom. The van der Waals surface area contributed by atoms with Crippen molar-refractivity contribution in [3.05, 3.63) is 70.8 Å². The van der Waals surface area contributed by atoms with E-state index in [4.69, 9.17) is 0 Å². The third-order valence-electron chi connectivity index (χ3n) is 4.26. The molecule has 2 amide bonds. The van der Waals surface area contributed by atoms with Crippen LogP contribution in [0.4, 0.5) is 0 Å². The molecule has 2 N–H and O–H groups in total. The van der Waals surface area contributed by atoms with Crippen LogP contribution < -0.4 is 10.6 Å². The van der Waals surface area contributed by atoms with E-state index in [0.717, 1.165) is 12.8 Å². The van der Waals surface area contributed by atoms with Crippen LogP contribution in [-0.2, 0) is 0 Å². The van der Waals surface area contributed by atoms with Gasteiger partial charge in [0.1, 0.15) is 0 Å². The highest BCUT2D eigenvalue weighted by Crippen LogP contribution is 2.09. The van der Waals surface area contributed by atoms with Crippen LogP contribution in [0.3, 0.4) is 0 Å². The second-order valence-electron chi connectivity index (χ2n) is 6.43. The van der Waals surface area contributed by atoms with Gasteiger partial charge in [0.15, 0.2) is 11.6 Å². The molecule has 0 saturated heterocycles. The number of Topliss-reactive ketones (excluding diaryl/α,β-unsaturated/α-hetero) is 2. The first-order valence-electron chi connectivity index (χ1n) is 9.23. The lowest BCUT2D eigenvalue weighted by Gasteiger charge is -2.08. The van der Waals surface area contributed by atoms with Crippen LogP contribution in [0.25, 0.3) is 0 Å². The Balaban J connectivity index is 1.86. The van der Waals surface area contributed by atoms with E-state index < -0.39 is 0 Å². The van der Waals surface area contributed by atoms with E-state index in [1.165, 1.54) is 13.0 Å². The maximum absolute atomic E-state index is 12.2. The third kappa shape index (κ3) is 5.87. The lowest BCUT2D eigenvalue weighted by molar-refractivity contribution is 0.0917. The molecule has 2 aromatic rings. The molecular formula is C22H24N2O4. The van der Waals surface area contributed by atoms with Crippen molar-refractivity contribution in [1.29, 1.82) is 0 Å². The molecule has 146 valence electrons. The zero-order chi connectivity index (χ0) is 20.5. The standard InChI is InChI=1S/C22H24N2O4/c1-3-4-8-20(26)16-9-11-17(12-10-16)21(27)23-14-24-22(28)19-7-5-6-18(13-19)15(2)25/h5-7,9-13H,3-4,8,14H2,1-2H3,(H,23,27)(H,24,28). The number of carbonyl (C=O) groups excluding carboxylic acids is 4. The summed E-state index contributed by atoms with van der Waals surface area (Å²) in [7, 11) is 0. The Morgan fingerprint density at radius 2 is 1.36 bits per heavy atom. The Labute approximate surface area is 164 Å². The molecule has 0 aromatic heterocycles. The van der Waals surface area contributed by atoms with Gasteiger partial charge in [0.25, 0.3) is 11.8 Å². The van der Waals surface area contributed by atoms with Crippen molar-refractivity contribution >= 4 is 23.4 Å². The number of hydrogen-bond donors (Lipinski definition) is 2. The number of benzene rings is 2. The summed E-state index contributed by atoms with van der Waals surface area (Å²) in [4.78, 5) is 47.7. The second-order valence-corrected chi connectivity index (χ2v) is 6.43. The van der Waals surface area contributed by atoms with Crippen LogP contribution in [0, 0.1) is 0 Å². The summed E-state index contributed by atoms with van der Waals surface area (Å²) in [5.74, 6) is -0.806. The van der Waals surface area contributed by atoms with Crippen molar-refractivity contribution in [3.63, 3.8) is 0 Å². The number of nitrogens with one attached hydrogen (secondary N) is 2. The van der Waals surface area contributed by atoms with Crippen LogP contribution in [0.1, 0.15) is 74.5 Å². The Hall–Kier alpha value is -3.28. The second kappa shape index (κ2) is 10.2. The maximum atomic E-state index is 12.2. The van der Waals surface area contributed by atoms with Crippen molar-refractivity contribution in [1.82, 2.24) is 10.6 Å². The van der Waals surface area contributed by atoms with E-state index in [2.05, 4.69) is 10.6 Å². The predicted molar refractivity (Wildman–Crippen MR) is 107 cm³/mol. The van der Waals surface area contributed by atoms with E-state index in [9.17, 15) is 19.2 Å². The Morgan fingerprint density at radius 1 is 0.786 bits per heavy atom. The molecule has 0 saturated carbocycles. The van der Waals surface area contributed by atoms with Gasteiger partial charge >= 0.3 is 0 Å². The molecule has 0 aliphatic heterocycles. The van der Waals surface area contributed by atoms with Crippen LogP contribution in [0.15, 0.2) is 48.5 Å². The molecule has 0 spiro atoms. The molecule has 0 heterocycles. The fourth-order valence-electron chi connectivity index (χ4n) is 2.58. The molecule has 6 heteroatoms. The first-order valence-corrected chi connectivity index (χ1v) is 9.23. The zero-order valence-corrected chi connectivity index (χ0v) is 16.1. The normalized spacial score (nSPS) is 10.2. The average Bonchev–Trinajstić information content (AvgIpc) is 2.71. The summed E-state index contributed by atoms with van der Waals surface area (Å²) in [6.07, 6.45) is 2.30. The summed E-state index contributed by atoms with van der Waals surface area (Å²) in [6.45, 7) is 3.40. The molecule has 0 bridgehead atoms. The van der Waals surface area contributed by atoms with Gasteiger partial charge in [0, 0.05) is 28.7 Å². The molecular weight excluding hydrogens is 356 g/mol. The number of unbranched alkanes of at least 4 members (excludes halogenated alkanes) is 1. The first kappa shape index (κ1) is 21.0. The van der Waals surface area contributed by atoms with Crippen LogP contribution in [-0.4, -0.2) is 30.0 Å². The van der Waals surface area contributed by atoms with Crippen LogP contribution >= 0.6 is 0 Å². The SMILES string of the molecule is CCCCC(=O)c1ccc(C(=O)NCNC(=O)c2cccc(C(C)=O)c2)cc1. The quantitative estimate of drug-likeness (QED) is 0.515. The van der Waals surface area contributed by atoms with Gasteiger partial charge in [-0.3, -0.25) is 19.2 Å². The van der Waals surface area contributed by atoms with E-state index in [-0.39, 0.29) is 30.0 Å². The third-order valence-corrected chi connectivity index (χ3v) is 4.26. The van der Waals surface area contributed by atoms with Gasteiger partial charge in [0.2, 0.25) is 0 Å². The van der Waals surface area contributed by atoms with Gasteiger partial charge in [-0.25, -0.2) is 0 Å². The molecule has 0 aliphatic carbocycles. The molecule has 0 radical (unpaired) electrons. The summed E-state index contributed by atoms with van der Waals surface area (Å²) < 4.78 is 0. The smallest absolute Gasteiger partial charge is 0.252 e. The van der Waals surface area contributed by atoms with Gasteiger partial charge < -0.3 is 10.6 Å². The van der Waals surface area contributed by atoms with Crippen molar-refractivity contribution in [3.8, 4) is 0 Å². The molecule has 0 atom stereocenters. The van der Waals surface area contributed by atoms with E-state index in [0.29, 0.717) is 28.7 Å². The summed E-state index contributed by atoms with van der Waals surface area (Å²) >= 11 is 0. The van der Waals surface area contributed by atoms with Crippen molar-refractivity contribution in [2.24, 2.45) is 0 Å². The van der Waals surface area contributed by atoms with Crippen LogP contribution in [0.2, 0.25) is 0 Å². The first-order chi connectivity index (χ1) is 13.4. The minimum Gasteiger partial charge on any atom is -0.335 e. The lowest BCUT2D eigenvalue weighted by atomic mass is 10.0. The topological polar surface area (TPSA) is 92.3 Å². The molecule has 0 unspecified atom stereocenters. The Bertz CT molecular complexity index is 872. The molecule has 0 fully saturated rings. The monoisotopic (exact) mass is 380 g/mol. The number of carbonyl (C=O) groups is 4. The summed E-state index contributed by atoms with van der Waals surface area (Å²) in [6, 6.07) is 12.8. The van der Waals surface area contributed by atoms with Crippen molar-refractivity contribution in [2.75, 3.05) is 6.67 Å². The molecule has 2 rings (SSSR count). The van der Waals surface area contributed by atoms with Gasteiger partial charge in [-0.05, 0) is 37.6 Å². The maximum Gasteiger partial charge on any atom is 0.252 e. The van der Waals surface area contributed by atoms with E-state index in [1.807, 2.05) is 6.92 Å². The van der Waals surface area contributed by atoms with E-state index in [1.54, 1.807) is 42.5 Å². The molecule has 28 heavy (non-hydrogen) atoms. The van der Waals surface area contributed by atoms with Crippen molar-refractivity contribution in [2.45, 2.75) is 33.1 Å². The average molecular weight is 380 g/mol. The highest BCUT2D eigenvalue weighted by Gasteiger charge is 2.10. The van der Waals surface area contributed by atoms with Crippen LogP contribution in [0.5, 0.6) is 0 Å². The van der Waals surface area contributed by atoms with Gasteiger partial charge in [-0.15, -0.1) is 0 Å². The number of rotatable bonds is 9. The zero-order valence-electron chi connectivity index (χ0n) is 16.1. The number of hydrogen-bond acceptors (Lipinski definition) is 4. The van der Waals surface area contributed by atoms with E-state index >= 15 is 0 Å². The minimum absolute atomic E-state index is 0.0564. The fraction of sp³-hybridized carbons (Fsp3) is 0.273. The molecule has 2 aromatic carbocycles. The minimum atomic E-state index is -0.389. The van der Waals surface area contributed by atoms with Crippen molar-refractivity contribution < 1.29 is 19.2 Å². The highest BCUT2D eigenvalue weighted by molar-refractivity contribution is 6.00. The fourth-order valence-corrected chi connectivity index (χ4v) is 2.58. The van der Waals surface area contributed by atoms with Gasteiger partial charge in [-0.2, -0.15) is 0 Å². The Kier molecular flexibility index (Phi) is 7.63.